The van der Waals surface area contributed by atoms with Crippen LogP contribution in [-0.4, -0.2) is 61.1 Å². The number of piperazine rings is 1. The maximum Gasteiger partial charge on any atom is 0.317 e. The Morgan fingerprint density at radius 2 is 1.70 bits per heavy atom. The van der Waals surface area contributed by atoms with Crippen LogP contribution in [0.4, 0.5) is 4.79 Å². The Bertz CT molecular complexity index is 675. The number of ether oxygens (including phenoxy) is 1. The van der Waals surface area contributed by atoms with Crippen LogP contribution in [0.3, 0.4) is 0 Å². The van der Waals surface area contributed by atoms with Gasteiger partial charge in [0.1, 0.15) is 5.75 Å². The number of methoxy groups -OCH3 is 1. The first-order chi connectivity index (χ1) is 13.0. The predicted octanol–water partition coefficient (Wildman–Crippen LogP) is 3.23. The highest BCUT2D eigenvalue weighted by Gasteiger charge is 2.28. The summed E-state index contributed by atoms with van der Waals surface area (Å²) in [7, 11) is 1.60. The van der Waals surface area contributed by atoms with Crippen molar-refractivity contribution in [1.29, 1.82) is 0 Å². The molecule has 0 atom stereocenters. The van der Waals surface area contributed by atoms with Gasteiger partial charge in [-0.05, 0) is 36.5 Å². The molecular weight excluding hydrogens is 342 g/mol. The van der Waals surface area contributed by atoms with Crippen molar-refractivity contribution in [3.8, 4) is 5.75 Å². The van der Waals surface area contributed by atoms with Crippen molar-refractivity contribution < 1.29 is 14.3 Å². The van der Waals surface area contributed by atoms with E-state index in [4.69, 9.17) is 4.74 Å². The summed E-state index contributed by atoms with van der Waals surface area (Å²) in [5.74, 6) is 0.968. The number of benzene rings is 1. The Balaban J connectivity index is 1.59. The highest BCUT2D eigenvalue weighted by molar-refractivity contribution is 5.97. The number of urea groups is 1. The zero-order valence-corrected chi connectivity index (χ0v) is 16.7. The summed E-state index contributed by atoms with van der Waals surface area (Å²) in [4.78, 5) is 29.0. The van der Waals surface area contributed by atoms with Crippen LogP contribution < -0.4 is 10.1 Å². The third-order valence-electron chi connectivity index (χ3n) is 5.66. The molecule has 2 aliphatic rings. The van der Waals surface area contributed by atoms with Gasteiger partial charge in [0.25, 0.3) is 5.91 Å². The number of carbonyl (C=O) groups excluding carboxylic acids is 2. The number of nitrogens with zero attached hydrogens (tertiary/aromatic N) is 2. The van der Waals surface area contributed by atoms with Crippen molar-refractivity contribution >= 4 is 11.9 Å². The molecule has 1 saturated heterocycles. The molecule has 6 nitrogen and oxygen atoms in total. The summed E-state index contributed by atoms with van der Waals surface area (Å²) >= 11 is 0. The molecule has 0 bridgehead atoms. The molecule has 0 spiro atoms. The molecule has 27 heavy (non-hydrogen) atoms. The monoisotopic (exact) mass is 373 g/mol. The first-order valence-electron chi connectivity index (χ1n) is 10.0. The van der Waals surface area contributed by atoms with Gasteiger partial charge in [-0.15, -0.1) is 0 Å². The summed E-state index contributed by atoms with van der Waals surface area (Å²) in [6.07, 6.45) is 4.56. The molecule has 6 heteroatoms. The van der Waals surface area contributed by atoms with Crippen molar-refractivity contribution in [2.75, 3.05) is 33.3 Å². The molecular formula is C21H31N3O3. The fourth-order valence-corrected chi connectivity index (χ4v) is 3.86. The number of nitrogens with one attached hydrogen (secondary N) is 1. The number of carbonyl (C=O) groups is 2. The van der Waals surface area contributed by atoms with E-state index in [0.717, 1.165) is 18.4 Å². The van der Waals surface area contributed by atoms with E-state index in [1.807, 2.05) is 28.0 Å². The highest BCUT2D eigenvalue weighted by atomic mass is 16.5. The lowest BCUT2D eigenvalue weighted by Crippen LogP contribution is -2.54. The van der Waals surface area contributed by atoms with Gasteiger partial charge in [0, 0.05) is 32.2 Å². The van der Waals surface area contributed by atoms with E-state index in [1.54, 1.807) is 7.11 Å². The molecule has 3 amide bonds. The maximum absolute atomic E-state index is 12.9. The van der Waals surface area contributed by atoms with E-state index in [0.29, 0.717) is 49.5 Å². The van der Waals surface area contributed by atoms with E-state index in [9.17, 15) is 9.59 Å². The van der Waals surface area contributed by atoms with Crippen LogP contribution >= 0.6 is 0 Å². The van der Waals surface area contributed by atoms with Gasteiger partial charge < -0.3 is 19.9 Å². The summed E-state index contributed by atoms with van der Waals surface area (Å²) in [6.45, 7) is 6.46. The minimum atomic E-state index is -0.0296. The van der Waals surface area contributed by atoms with Crippen molar-refractivity contribution in [2.24, 2.45) is 0 Å². The van der Waals surface area contributed by atoms with Crippen molar-refractivity contribution in [3.63, 3.8) is 0 Å². The van der Waals surface area contributed by atoms with Gasteiger partial charge in [0.2, 0.25) is 0 Å². The summed E-state index contributed by atoms with van der Waals surface area (Å²) in [6, 6.07) is 6.12. The number of hydrogen-bond acceptors (Lipinski definition) is 3. The second-order valence-corrected chi connectivity index (χ2v) is 7.82. The third kappa shape index (κ3) is 4.54. The smallest absolute Gasteiger partial charge is 0.317 e. The van der Waals surface area contributed by atoms with Crippen LogP contribution in [0.5, 0.6) is 5.75 Å². The molecule has 1 aromatic carbocycles. The van der Waals surface area contributed by atoms with Crippen LogP contribution in [0.2, 0.25) is 0 Å². The Hall–Kier alpha value is -2.24. The van der Waals surface area contributed by atoms with E-state index < -0.39 is 0 Å². The zero-order chi connectivity index (χ0) is 19.4. The second-order valence-electron chi connectivity index (χ2n) is 7.82. The average molecular weight is 373 g/mol. The quantitative estimate of drug-likeness (QED) is 0.881. The molecule has 0 unspecified atom stereocenters. The molecule has 1 aliphatic carbocycles. The van der Waals surface area contributed by atoms with E-state index in [-0.39, 0.29) is 11.9 Å². The third-order valence-corrected chi connectivity index (χ3v) is 5.66. The van der Waals surface area contributed by atoms with Crippen LogP contribution in [0.1, 0.15) is 61.4 Å². The molecule has 2 fully saturated rings. The number of rotatable bonds is 4. The van der Waals surface area contributed by atoms with Crippen LogP contribution in [-0.2, 0) is 0 Å². The van der Waals surface area contributed by atoms with Gasteiger partial charge in [0.15, 0.2) is 0 Å². The largest absolute Gasteiger partial charge is 0.496 e. The van der Waals surface area contributed by atoms with E-state index >= 15 is 0 Å². The minimum absolute atomic E-state index is 0.00728. The number of amides is 3. The first-order valence-corrected chi connectivity index (χ1v) is 10.0. The second kappa shape index (κ2) is 8.63. The molecule has 0 radical (unpaired) electrons. The van der Waals surface area contributed by atoms with Gasteiger partial charge in [-0.25, -0.2) is 4.79 Å². The van der Waals surface area contributed by atoms with Gasteiger partial charge in [-0.3, -0.25) is 4.79 Å². The fourth-order valence-electron chi connectivity index (χ4n) is 3.86. The Morgan fingerprint density at radius 3 is 2.30 bits per heavy atom. The molecule has 1 aromatic rings. The molecule has 0 aromatic heterocycles. The molecule has 1 saturated carbocycles. The van der Waals surface area contributed by atoms with Crippen LogP contribution in [0, 0.1) is 0 Å². The van der Waals surface area contributed by atoms with Gasteiger partial charge in [-0.2, -0.15) is 0 Å². The lowest BCUT2D eigenvalue weighted by atomic mass is 10.0. The molecule has 1 aliphatic heterocycles. The predicted molar refractivity (Wildman–Crippen MR) is 105 cm³/mol. The van der Waals surface area contributed by atoms with Crippen molar-refractivity contribution in [3.05, 3.63) is 29.3 Å². The Labute approximate surface area is 161 Å². The van der Waals surface area contributed by atoms with Gasteiger partial charge >= 0.3 is 6.03 Å². The molecule has 3 rings (SSSR count). The van der Waals surface area contributed by atoms with Crippen molar-refractivity contribution in [1.82, 2.24) is 15.1 Å². The fraction of sp³-hybridized carbons (Fsp3) is 0.619. The Kier molecular flexibility index (Phi) is 6.24. The minimum Gasteiger partial charge on any atom is -0.496 e. The van der Waals surface area contributed by atoms with Crippen molar-refractivity contribution in [2.45, 2.75) is 51.5 Å². The molecule has 148 valence electrons. The average Bonchev–Trinajstić information content (AvgIpc) is 3.20. The lowest BCUT2D eigenvalue weighted by molar-refractivity contribution is 0.0660. The normalized spacial score (nSPS) is 18.1. The van der Waals surface area contributed by atoms with Crippen LogP contribution in [0.15, 0.2) is 18.2 Å². The molecule has 1 heterocycles. The van der Waals surface area contributed by atoms with Gasteiger partial charge in [-0.1, -0.05) is 32.8 Å². The first kappa shape index (κ1) is 19.5. The summed E-state index contributed by atoms with van der Waals surface area (Å²) < 4.78 is 5.46. The summed E-state index contributed by atoms with van der Waals surface area (Å²) in [5, 5.41) is 3.12. The van der Waals surface area contributed by atoms with Gasteiger partial charge in [0.05, 0.1) is 12.7 Å². The topological polar surface area (TPSA) is 61.9 Å². The molecule has 1 N–H and O–H groups in total. The van der Waals surface area contributed by atoms with E-state index in [1.165, 1.54) is 12.8 Å². The lowest BCUT2D eigenvalue weighted by Gasteiger charge is -2.35. The van der Waals surface area contributed by atoms with Crippen LogP contribution in [0.25, 0.3) is 0 Å². The zero-order valence-electron chi connectivity index (χ0n) is 16.7. The maximum atomic E-state index is 12.9. The Morgan fingerprint density at radius 1 is 1.07 bits per heavy atom. The SMILES string of the molecule is COc1cc(C(C)C)ccc1C(=O)N1CCN(C(=O)NC2CCCC2)CC1. The summed E-state index contributed by atoms with van der Waals surface area (Å²) in [5.41, 5.74) is 1.74. The van der Waals surface area contributed by atoms with E-state index in [2.05, 4.69) is 19.2 Å². The highest BCUT2D eigenvalue weighted by Crippen LogP contribution is 2.26. The number of hydrogen-bond donors (Lipinski definition) is 1. The standard InChI is InChI=1S/C21H31N3O3/c1-15(2)16-8-9-18(19(14-16)27-3)20(25)23-10-12-24(13-11-23)21(26)22-17-6-4-5-7-17/h8-9,14-15,17H,4-7,10-13H2,1-3H3,(H,22,26).